The summed E-state index contributed by atoms with van der Waals surface area (Å²) in [6, 6.07) is 5.97. The molecule has 2 aliphatic rings. The van der Waals surface area contributed by atoms with E-state index in [1.165, 1.54) is 17.4 Å². The van der Waals surface area contributed by atoms with Gasteiger partial charge in [0, 0.05) is 23.5 Å². The third kappa shape index (κ3) is 2.76. The third-order valence-electron chi connectivity index (χ3n) is 6.06. The molecule has 2 aromatic heterocycles. The van der Waals surface area contributed by atoms with Crippen LogP contribution in [0.25, 0.3) is 0 Å². The molecule has 2 aromatic rings. The van der Waals surface area contributed by atoms with Crippen molar-refractivity contribution in [2.24, 2.45) is 5.41 Å². The van der Waals surface area contributed by atoms with Crippen molar-refractivity contribution in [1.82, 2.24) is 10.2 Å². The van der Waals surface area contributed by atoms with E-state index in [2.05, 4.69) is 23.7 Å². The van der Waals surface area contributed by atoms with Gasteiger partial charge in [0.25, 0.3) is 5.91 Å². The molecule has 138 valence electrons. The molecule has 2 saturated heterocycles. The Morgan fingerprint density at radius 3 is 2.96 bits per heavy atom. The molecule has 0 aliphatic carbocycles. The lowest BCUT2D eigenvalue weighted by Gasteiger charge is -2.35. The van der Waals surface area contributed by atoms with Gasteiger partial charge in [0.1, 0.15) is 6.26 Å². The van der Waals surface area contributed by atoms with Crippen LogP contribution in [0.1, 0.15) is 47.8 Å². The Labute approximate surface area is 157 Å². The lowest BCUT2D eigenvalue weighted by atomic mass is 9.71. The van der Waals surface area contributed by atoms with Crippen LogP contribution in [0.3, 0.4) is 0 Å². The minimum Gasteiger partial charge on any atom is -0.472 e. The predicted octanol–water partition coefficient (Wildman–Crippen LogP) is 3.47. The van der Waals surface area contributed by atoms with Gasteiger partial charge in [-0.25, -0.2) is 0 Å². The smallest absolute Gasteiger partial charge is 0.257 e. The largest absolute Gasteiger partial charge is 0.472 e. The molecule has 0 radical (unpaired) electrons. The lowest BCUT2D eigenvalue weighted by Crippen LogP contribution is -2.50. The van der Waals surface area contributed by atoms with Crippen LogP contribution in [0.4, 0.5) is 0 Å². The van der Waals surface area contributed by atoms with Crippen molar-refractivity contribution in [3.05, 3.63) is 46.5 Å². The first-order valence-electron chi connectivity index (χ1n) is 9.31. The highest BCUT2D eigenvalue weighted by Gasteiger charge is 2.60. The van der Waals surface area contributed by atoms with Gasteiger partial charge >= 0.3 is 0 Å². The monoisotopic (exact) mass is 372 g/mol. The summed E-state index contributed by atoms with van der Waals surface area (Å²) in [5.74, 6) is 0.0988. The van der Waals surface area contributed by atoms with Gasteiger partial charge in [0.15, 0.2) is 0 Å². The second kappa shape index (κ2) is 6.91. The van der Waals surface area contributed by atoms with Gasteiger partial charge in [-0.05, 0) is 49.6 Å². The van der Waals surface area contributed by atoms with Crippen LogP contribution < -0.4 is 5.32 Å². The van der Waals surface area contributed by atoms with Crippen molar-refractivity contribution < 1.29 is 14.0 Å². The molecule has 6 heteroatoms. The number of hydrogen-bond donors (Lipinski definition) is 1. The van der Waals surface area contributed by atoms with Crippen molar-refractivity contribution in [2.75, 3.05) is 6.54 Å². The van der Waals surface area contributed by atoms with Crippen molar-refractivity contribution in [3.63, 3.8) is 0 Å². The molecule has 2 amide bonds. The summed E-state index contributed by atoms with van der Waals surface area (Å²) in [5.41, 5.74) is 0.115. The van der Waals surface area contributed by atoms with E-state index in [1.54, 1.807) is 17.4 Å². The van der Waals surface area contributed by atoms with Crippen LogP contribution in [0.15, 0.2) is 40.5 Å². The highest BCUT2D eigenvalue weighted by atomic mass is 32.1. The van der Waals surface area contributed by atoms with Crippen LogP contribution >= 0.6 is 11.3 Å². The van der Waals surface area contributed by atoms with E-state index in [9.17, 15) is 9.59 Å². The number of furan rings is 1. The van der Waals surface area contributed by atoms with E-state index in [-0.39, 0.29) is 23.9 Å². The summed E-state index contributed by atoms with van der Waals surface area (Å²) in [7, 11) is 0. The van der Waals surface area contributed by atoms with Crippen molar-refractivity contribution >= 4 is 23.2 Å². The molecule has 4 heterocycles. The van der Waals surface area contributed by atoms with E-state index in [0.29, 0.717) is 12.1 Å². The highest BCUT2D eigenvalue weighted by Crippen LogP contribution is 2.52. The summed E-state index contributed by atoms with van der Waals surface area (Å²) in [6.45, 7) is 2.72. The van der Waals surface area contributed by atoms with Crippen LogP contribution in [-0.4, -0.2) is 35.3 Å². The van der Waals surface area contributed by atoms with E-state index in [1.807, 2.05) is 11.0 Å². The van der Waals surface area contributed by atoms with Gasteiger partial charge in [-0.3, -0.25) is 9.59 Å². The Bertz CT molecular complexity index is 771. The fourth-order valence-corrected chi connectivity index (χ4v) is 5.45. The zero-order chi connectivity index (χ0) is 18.1. The minimum atomic E-state index is -0.461. The molecule has 0 saturated carbocycles. The molecule has 4 rings (SSSR count). The van der Waals surface area contributed by atoms with Crippen LogP contribution in [-0.2, 0) is 11.2 Å². The fraction of sp³-hybridized carbons (Fsp3) is 0.500. The number of nitrogens with zero attached hydrogens (tertiary/aromatic N) is 1. The third-order valence-corrected chi connectivity index (χ3v) is 7.00. The average molecular weight is 372 g/mol. The lowest BCUT2D eigenvalue weighted by molar-refractivity contribution is -0.132. The number of carbonyl (C=O) groups is 2. The van der Waals surface area contributed by atoms with Crippen LogP contribution in [0.5, 0.6) is 0 Å². The molecular formula is C20H24N2O3S. The van der Waals surface area contributed by atoms with E-state index < -0.39 is 5.41 Å². The fourth-order valence-electron chi connectivity index (χ4n) is 4.74. The summed E-state index contributed by atoms with van der Waals surface area (Å²) in [5, 5.41) is 5.20. The molecule has 2 aliphatic heterocycles. The number of rotatable bonds is 6. The number of hydrogen-bond acceptors (Lipinski definition) is 4. The maximum Gasteiger partial charge on any atom is 0.257 e. The average Bonchev–Trinajstić information content (AvgIpc) is 3.44. The molecule has 2 bridgehead atoms. The van der Waals surface area contributed by atoms with E-state index in [0.717, 1.165) is 32.1 Å². The van der Waals surface area contributed by atoms with E-state index in [4.69, 9.17) is 4.42 Å². The van der Waals surface area contributed by atoms with E-state index >= 15 is 0 Å². The standard InChI is InChI=1S/C20H24N2O3S/c1-2-20(19(24)21-9-7-16-4-3-11-26-16)12-15-5-6-17(20)22(15)18(23)14-8-10-25-13-14/h3-4,8,10-11,13,15,17H,2,5-7,9,12H2,1H3,(H,21,24)/t15-,17+,20+/m0/s1. The summed E-state index contributed by atoms with van der Waals surface area (Å²) in [4.78, 5) is 29.2. The number of amides is 2. The normalized spacial score (nSPS) is 27.0. The first-order valence-corrected chi connectivity index (χ1v) is 10.2. The quantitative estimate of drug-likeness (QED) is 0.844. The Morgan fingerprint density at radius 2 is 2.27 bits per heavy atom. The van der Waals surface area contributed by atoms with Crippen molar-refractivity contribution in [1.29, 1.82) is 0 Å². The first-order chi connectivity index (χ1) is 12.7. The summed E-state index contributed by atoms with van der Waals surface area (Å²) in [6.07, 6.45) is 7.29. The second-order valence-corrected chi connectivity index (χ2v) is 8.30. The molecule has 2 fully saturated rings. The molecule has 1 N–H and O–H groups in total. The van der Waals surface area contributed by atoms with Crippen LogP contribution in [0, 0.1) is 5.41 Å². The number of thiophene rings is 1. The SMILES string of the molecule is CC[C@@]1(C(=O)NCCc2cccs2)C[C@@H]2CC[C@H]1N2C(=O)c1ccoc1. The van der Waals surface area contributed by atoms with Crippen molar-refractivity contribution in [3.8, 4) is 0 Å². The predicted molar refractivity (Wildman–Crippen MR) is 100 cm³/mol. The molecule has 0 spiro atoms. The molecule has 26 heavy (non-hydrogen) atoms. The number of carbonyl (C=O) groups excluding carboxylic acids is 2. The molecular weight excluding hydrogens is 348 g/mol. The Kier molecular flexibility index (Phi) is 4.61. The zero-order valence-electron chi connectivity index (χ0n) is 14.9. The zero-order valence-corrected chi connectivity index (χ0v) is 15.8. The van der Waals surface area contributed by atoms with Gasteiger partial charge in [0.2, 0.25) is 5.91 Å². The Morgan fingerprint density at radius 1 is 1.38 bits per heavy atom. The minimum absolute atomic E-state index is 0.00652. The second-order valence-electron chi connectivity index (χ2n) is 7.27. The van der Waals surface area contributed by atoms with Gasteiger partial charge in [0.05, 0.1) is 17.2 Å². The number of fused-ring (bicyclic) bond motifs is 2. The maximum atomic E-state index is 13.1. The highest BCUT2D eigenvalue weighted by molar-refractivity contribution is 7.09. The van der Waals surface area contributed by atoms with Gasteiger partial charge in [-0.2, -0.15) is 0 Å². The molecule has 0 unspecified atom stereocenters. The topological polar surface area (TPSA) is 62.6 Å². The van der Waals surface area contributed by atoms with Crippen LogP contribution in [0.2, 0.25) is 0 Å². The molecule has 5 nitrogen and oxygen atoms in total. The maximum absolute atomic E-state index is 13.1. The van der Waals surface area contributed by atoms with Gasteiger partial charge < -0.3 is 14.6 Å². The summed E-state index contributed by atoms with van der Waals surface area (Å²) >= 11 is 1.71. The molecule has 3 atom stereocenters. The number of nitrogens with one attached hydrogen (secondary N) is 1. The van der Waals surface area contributed by atoms with Gasteiger partial charge in [-0.1, -0.05) is 13.0 Å². The Hall–Kier alpha value is -2.08. The molecule has 0 aromatic carbocycles. The summed E-state index contributed by atoms with van der Waals surface area (Å²) < 4.78 is 5.07. The van der Waals surface area contributed by atoms with Gasteiger partial charge in [-0.15, -0.1) is 11.3 Å². The first kappa shape index (κ1) is 17.3. The Balaban J connectivity index is 1.47. The van der Waals surface area contributed by atoms with Crippen molar-refractivity contribution in [2.45, 2.75) is 51.1 Å².